The van der Waals surface area contributed by atoms with Crippen LogP contribution in [0.4, 0.5) is 11.4 Å². The van der Waals surface area contributed by atoms with Gasteiger partial charge in [-0.15, -0.1) is 0 Å². The van der Waals surface area contributed by atoms with Crippen molar-refractivity contribution in [3.63, 3.8) is 0 Å². The van der Waals surface area contributed by atoms with Crippen LogP contribution in [-0.2, 0) is 6.42 Å². The number of fused-ring (bicyclic) bond motifs is 1. The van der Waals surface area contributed by atoms with Gasteiger partial charge < -0.3 is 11.5 Å². The van der Waals surface area contributed by atoms with Gasteiger partial charge >= 0.3 is 0 Å². The summed E-state index contributed by atoms with van der Waals surface area (Å²) in [4.78, 5) is 0. The molecular formula is C13H16N2. The number of nitrogen functional groups attached to an aromatic ring is 2. The third-order valence-corrected chi connectivity index (χ3v) is 2.61. The number of anilines is 2. The second-order valence-electron chi connectivity index (χ2n) is 3.92. The quantitative estimate of drug-likeness (QED) is 0.732. The lowest BCUT2D eigenvalue weighted by atomic mass is 10.0. The molecule has 0 aromatic heterocycles. The van der Waals surface area contributed by atoms with Gasteiger partial charge in [0, 0.05) is 16.8 Å². The molecule has 2 heteroatoms. The highest BCUT2D eigenvalue weighted by molar-refractivity contribution is 5.95. The first-order chi connectivity index (χ1) is 7.20. The van der Waals surface area contributed by atoms with Crippen molar-refractivity contribution in [1.29, 1.82) is 0 Å². The molecule has 2 aromatic carbocycles. The monoisotopic (exact) mass is 200 g/mol. The average molecular weight is 200 g/mol. The smallest absolute Gasteiger partial charge is 0.0414 e. The third kappa shape index (κ3) is 1.89. The molecule has 0 bridgehead atoms. The lowest BCUT2D eigenvalue weighted by Gasteiger charge is -2.06. The number of benzene rings is 2. The van der Waals surface area contributed by atoms with Crippen molar-refractivity contribution in [2.24, 2.45) is 0 Å². The van der Waals surface area contributed by atoms with E-state index in [9.17, 15) is 0 Å². The molecule has 0 heterocycles. The normalized spacial score (nSPS) is 10.7. The Kier molecular flexibility index (Phi) is 2.50. The molecule has 0 fully saturated rings. The Labute approximate surface area is 89.9 Å². The van der Waals surface area contributed by atoms with Gasteiger partial charge in [0.25, 0.3) is 0 Å². The fourth-order valence-electron chi connectivity index (χ4n) is 1.90. The van der Waals surface area contributed by atoms with Crippen LogP contribution in [0, 0.1) is 0 Å². The van der Waals surface area contributed by atoms with E-state index in [0.29, 0.717) is 0 Å². The first-order valence-corrected chi connectivity index (χ1v) is 5.28. The molecule has 2 nitrogen and oxygen atoms in total. The van der Waals surface area contributed by atoms with Crippen LogP contribution in [0.25, 0.3) is 10.8 Å². The summed E-state index contributed by atoms with van der Waals surface area (Å²) in [6.07, 6.45) is 2.25. The molecule has 0 aliphatic heterocycles. The van der Waals surface area contributed by atoms with Crippen molar-refractivity contribution in [3.8, 4) is 0 Å². The summed E-state index contributed by atoms with van der Waals surface area (Å²) in [6.45, 7) is 2.18. The minimum atomic E-state index is 0.725. The number of rotatable bonds is 2. The van der Waals surface area contributed by atoms with E-state index in [1.54, 1.807) is 0 Å². The van der Waals surface area contributed by atoms with Gasteiger partial charge in [-0.25, -0.2) is 0 Å². The molecule has 15 heavy (non-hydrogen) atoms. The predicted octanol–water partition coefficient (Wildman–Crippen LogP) is 2.96. The third-order valence-electron chi connectivity index (χ3n) is 2.61. The lowest BCUT2D eigenvalue weighted by Crippen LogP contribution is -1.92. The highest BCUT2D eigenvalue weighted by Gasteiger charge is 2.01. The minimum Gasteiger partial charge on any atom is -0.399 e. The maximum atomic E-state index is 5.94. The molecule has 2 aromatic rings. The molecule has 0 saturated heterocycles. The van der Waals surface area contributed by atoms with Crippen LogP contribution in [0.5, 0.6) is 0 Å². The highest BCUT2D eigenvalue weighted by atomic mass is 14.6. The number of nitrogens with two attached hydrogens (primary N) is 2. The van der Waals surface area contributed by atoms with Crippen LogP contribution in [0.2, 0.25) is 0 Å². The maximum Gasteiger partial charge on any atom is 0.0414 e. The Bertz CT molecular complexity index is 489. The Morgan fingerprint density at radius 2 is 1.87 bits per heavy atom. The molecule has 0 saturated carbocycles. The van der Waals surface area contributed by atoms with Crippen molar-refractivity contribution < 1.29 is 0 Å². The van der Waals surface area contributed by atoms with Gasteiger partial charge in [0.05, 0.1) is 0 Å². The van der Waals surface area contributed by atoms with E-state index >= 15 is 0 Å². The summed E-state index contributed by atoms with van der Waals surface area (Å²) in [6, 6.07) is 10.2. The SMILES string of the molecule is CCCc1ccc2cc(N)cc(N)c2c1. The predicted molar refractivity (Wildman–Crippen MR) is 66.8 cm³/mol. The molecule has 4 N–H and O–H groups in total. The van der Waals surface area contributed by atoms with Gasteiger partial charge in [-0.1, -0.05) is 25.5 Å². The molecule has 0 aliphatic rings. The maximum absolute atomic E-state index is 5.94. The Morgan fingerprint density at radius 1 is 1.07 bits per heavy atom. The topological polar surface area (TPSA) is 52.0 Å². The molecule has 0 radical (unpaired) electrons. The molecular weight excluding hydrogens is 184 g/mol. The Balaban J connectivity index is 2.60. The van der Waals surface area contributed by atoms with Crippen LogP contribution in [0.15, 0.2) is 30.3 Å². The van der Waals surface area contributed by atoms with Crippen LogP contribution >= 0.6 is 0 Å². The second-order valence-corrected chi connectivity index (χ2v) is 3.92. The van der Waals surface area contributed by atoms with Gasteiger partial charge in [-0.3, -0.25) is 0 Å². The standard InChI is InChI=1S/C13H16N2/c1-2-3-9-4-5-10-7-11(14)8-13(15)12(10)6-9/h4-8H,2-3,14-15H2,1H3. The molecule has 0 spiro atoms. The summed E-state index contributed by atoms with van der Waals surface area (Å²) < 4.78 is 0. The molecule has 0 amide bonds. The van der Waals surface area contributed by atoms with Crippen molar-refractivity contribution in [1.82, 2.24) is 0 Å². The van der Waals surface area contributed by atoms with Crippen molar-refractivity contribution in [2.75, 3.05) is 11.5 Å². The van der Waals surface area contributed by atoms with Crippen molar-refractivity contribution in [2.45, 2.75) is 19.8 Å². The number of hydrogen-bond acceptors (Lipinski definition) is 2. The molecule has 0 aliphatic carbocycles. The van der Waals surface area contributed by atoms with Gasteiger partial charge in [0.15, 0.2) is 0 Å². The van der Waals surface area contributed by atoms with E-state index in [1.807, 2.05) is 12.1 Å². The zero-order chi connectivity index (χ0) is 10.8. The van der Waals surface area contributed by atoms with Crippen LogP contribution in [-0.4, -0.2) is 0 Å². The zero-order valence-corrected chi connectivity index (χ0v) is 8.96. The van der Waals surface area contributed by atoms with Gasteiger partial charge in [0.2, 0.25) is 0 Å². The van der Waals surface area contributed by atoms with Gasteiger partial charge in [-0.05, 0) is 35.6 Å². The van der Waals surface area contributed by atoms with Crippen LogP contribution < -0.4 is 11.5 Å². The van der Waals surface area contributed by atoms with Crippen LogP contribution in [0.3, 0.4) is 0 Å². The van der Waals surface area contributed by atoms with E-state index in [2.05, 4.69) is 25.1 Å². The lowest BCUT2D eigenvalue weighted by molar-refractivity contribution is 0.924. The summed E-state index contributed by atoms with van der Waals surface area (Å²) in [7, 11) is 0. The Hall–Kier alpha value is -1.70. The summed E-state index contributed by atoms with van der Waals surface area (Å²) in [5.74, 6) is 0. The van der Waals surface area contributed by atoms with E-state index < -0.39 is 0 Å². The van der Waals surface area contributed by atoms with Gasteiger partial charge in [0.1, 0.15) is 0 Å². The van der Waals surface area contributed by atoms with Crippen molar-refractivity contribution in [3.05, 3.63) is 35.9 Å². The van der Waals surface area contributed by atoms with Crippen molar-refractivity contribution >= 4 is 22.1 Å². The molecule has 0 atom stereocenters. The molecule has 78 valence electrons. The van der Waals surface area contributed by atoms with E-state index in [0.717, 1.165) is 35.0 Å². The fourth-order valence-corrected chi connectivity index (χ4v) is 1.90. The number of aryl methyl sites for hydroxylation is 1. The second kappa shape index (κ2) is 3.81. The van der Waals surface area contributed by atoms with Crippen LogP contribution in [0.1, 0.15) is 18.9 Å². The molecule has 0 unspecified atom stereocenters. The summed E-state index contributed by atoms with van der Waals surface area (Å²) in [5, 5.41) is 2.22. The summed E-state index contributed by atoms with van der Waals surface area (Å²) >= 11 is 0. The first-order valence-electron chi connectivity index (χ1n) is 5.28. The van der Waals surface area contributed by atoms with Gasteiger partial charge in [-0.2, -0.15) is 0 Å². The Morgan fingerprint density at radius 3 is 2.60 bits per heavy atom. The first kappa shape index (κ1) is 9.84. The van der Waals surface area contributed by atoms with E-state index in [1.165, 1.54) is 5.56 Å². The zero-order valence-electron chi connectivity index (χ0n) is 8.96. The van der Waals surface area contributed by atoms with E-state index in [-0.39, 0.29) is 0 Å². The number of hydrogen-bond donors (Lipinski definition) is 2. The largest absolute Gasteiger partial charge is 0.399 e. The fraction of sp³-hybridized carbons (Fsp3) is 0.231. The molecule has 2 rings (SSSR count). The minimum absolute atomic E-state index is 0.725. The summed E-state index contributed by atoms with van der Waals surface area (Å²) in [5.41, 5.74) is 14.5. The highest BCUT2D eigenvalue weighted by Crippen LogP contribution is 2.25. The van der Waals surface area contributed by atoms with E-state index in [4.69, 9.17) is 11.5 Å². The average Bonchev–Trinajstić information content (AvgIpc) is 2.19.